The summed E-state index contributed by atoms with van der Waals surface area (Å²) in [5, 5.41) is 0.430. The molecule has 1 fully saturated rings. The molecule has 0 aliphatic carbocycles. The number of ether oxygens (including phenoxy) is 1. The van der Waals surface area contributed by atoms with Gasteiger partial charge in [-0.25, -0.2) is 8.42 Å². The standard InChI is InChI=1S/C20H23ClN2O4S/c1-2-27-18-9-11-23(12-10-18)20(24)15-5-3-8-19(13-15)28(25,26)22-17-7-4-6-16(21)14-17/h3-8,13-14,18,22H,2,9-12H2,1H3. The lowest BCUT2D eigenvalue weighted by Crippen LogP contribution is -2.40. The maximum atomic E-state index is 12.8. The van der Waals surface area contributed by atoms with E-state index in [4.69, 9.17) is 16.3 Å². The first kappa shape index (κ1) is 20.6. The molecule has 6 nitrogen and oxygen atoms in total. The number of sulfonamides is 1. The highest BCUT2D eigenvalue weighted by molar-refractivity contribution is 7.92. The first-order chi connectivity index (χ1) is 13.4. The van der Waals surface area contributed by atoms with Gasteiger partial charge in [0, 0.05) is 30.3 Å². The fraction of sp³-hybridized carbons (Fsp3) is 0.350. The van der Waals surface area contributed by atoms with E-state index in [9.17, 15) is 13.2 Å². The van der Waals surface area contributed by atoms with E-state index < -0.39 is 10.0 Å². The van der Waals surface area contributed by atoms with Gasteiger partial charge in [0.05, 0.1) is 16.7 Å². The van der Waals surface area contributed by atoms with Crippen molar-refractivity contribution in [2.75, 3.05) is 24.4 Å². The van der Waals surface area contributed by atoms with Crippen molar-refractivity contribution in [2.24, 2.45) is 0 Å². The number of hydrogen-bond donors (Lipinski definition) is 1. The molecule has 1 aliphatic heterocycles. The van der Waals surface area contributed by atoms with Crippen LogP contribution >= 0.6 is 11.6 Å². The number of rotatable bonds is 6. The van der Waals surface area contributed by atoms with Crippen LogP contribution in [0.2, 0.25) is 5.02 Å². The highest BCUT2D eigenvalue weighted by Gasteiger charge is 2.25. The Bertz CT molecular complexity index is 941. The second-order valence-electron chi connectivity index (χ2n) is 6.59. The molecule has 1 N–H and O–H groups in total. The maximum absolute atomic E-state index is 12.8. The molecule has 0 radical (unpaired) electrons. The van der Waals surface area contributed by atoms with Crippen molar-refractivity contribution >= 4 is 33.2 Å². The predicted molar refractivity (Wildman–Crippen MR) is 109 cm³/mol. The van der Waals surface area contributed by atoms with Crippen LogP contribution in [-0.2, 0) is 14.8 Å². The lowest BCUT2D eigenvalue weighted by atomic mass is 10.1. The number of nitrogens with zero attached hydrogens (tertiary/aromatic N) is 1. The Hall–Kier alpha value is -2.09. The van der Waals surface area contributed by atoms with Crippen LogP contribution in [0.15, 0.2) is 53.4 Å². The summed E-state index contributed by atoms with van der Waals surface area (Å²) in [6, 6.07) is 12.5. The lowest BCUT2D eigenvalue weighted by molar-refractivity contribution is 0.0146. The first-order valence-corrected chi connectivity index (χ1v) is 11.0. The number of hydrogen-bond acceptors (Lipinski definition) is 4. The lowest BCUT2D eigenvalue weighted by Gasteiger charge is -2.31. The molecule has 0 atom stereocenters. The monoisotopic (exact) mass is 422 g/mol. The third-order valence-electron chi connectivity index (χ3n) is 4.60. The molecule has 1 saturated heterocycles. The number of carbonyl (C=O) groups is 1. The zero-order valence-electron chi connectivity index (χ0n) is 15.6. The van der Waals surface area contributed by atoms with Crippen molar-refractivity contribution in [3.8, 4) is 0 Å². The molecule has 0 bridgehead atoms. The van der Waals surface area contributed by atoms with Crippen LogP contribution < -0.4 is 4.72 Å². The van der Waals surface area contributed by atoms with Gasteiger partial charge in [-0.2, -0.15) is 0 Å². The van der Waals surface area contributed by atoms with Gasteiger partial charge in [-0.15, -0.1) is 0 Å². The minimum absolute atomic E-state index is 0.0301. The van der Waals surface area contributed by atoms with E-state index in [1.54, 1.807) is 35.2 Å². The zero-order chi connectivity index (χ0) is 20.1. The average Bonchev–Trinajstić information content (AvgIpc) is 2.68. The second kappa shape index (κ2) is 8.94. The van der Waals surface area contributed by atoms with Crippen molar-refractivity contribution in [2.45, 2.75) is 30.8 Å². The Balaban J connectivity index is 1.73. The predicted octanol–water partition coefficient (Wildman–Crippen LogP) is 3.78. The quantitative estimate of drug-likeness (QED) is 0.768. The van der Waals surface area contributed by atoms with Crippen LogP contribution in [0.5, 0.6) is 0 Å². The number of amides is 1. The van der Waals surface area contributed by atoms with Gasteiger partial charge in [0.15, 0.2) is 0 Å². The summed E-state index contributed by atoms with van der Waals surface area (Å²) in [5.74, 6) is -0.172. The molecular formula is C20H23ClN2O4S. The van der Waals surface area contributed by atoms with E-state index >= 15 is 0 Å². The SMILES string of the molecule is CCOC1CCN(C(=O)c2cccc(S(=O)(=O)Nc3cccc(Cl)c3)c2)CC1. The molecule has 2 aromatic carbocycles. The Labute approximate surface area is 170 Å². The van der Waals surface area contributed by atoms with Gasteiger partial charge in [0.2, 0.25) is 0 Å². The highest BCUT2D eigenvalue weighted by atomic mass is 35.5. The number of nitrogens with one attached hydrogen (secondary N) is 1. The molecule has 1 heterocycles. The van der Waals surface area contributed by atoms with E-state index in [0.29, 0.717) is 36.0 Å². The number of halogens is 1. The minimum Gasteiger partial charge on any atom is -0.378 e. The smallest absolute Gasteiger partial charge is 0.261 e. The Kier molecular flexibility index (Phi) is 6.59. The molecule has 1 amide bonds. The van der Waals surface area contributed by atoms with E-state index in [1.165, 1.54) is 18.2 Å². The van der Waals surface area contributed by atoms with Gasteiger partial charge >= 0.3 is 0 Å². The first-order valence-electron chi connectivity index (χ1n) is 9.18. The zero-order valence-corrected chi connectivity index (χ0v) is 17.2. The molecule has 0 saturated carbocycles. The second-order valence-corrected chi connectivity index (χ2v) is 8.71. The molecule has 150 valence electrons. The van der Waals surface area contributed by atoms with Crippen LogP contribution in [0.4, 0.5) is 5.69 Å². The molecule has 0 aromatic heterocycles. The molecule has 1 aliphatic rings. The van der Waals surface area contributed by atoms with Gasteiger partial charge in [-0.3, -0.25) is 9.52 Å². The summed E-state index contributed by atoms with van der Waals surface area (Å²) in [6.07, 6.45) is 1.75. The number of benzene rings is 2. The number of piperidine rings is 1. The minimum atomic E-state index is -3.83. The van der Waals surface area contributed by atoms with Crippen LogP contribution in [-0.4, -0.2) is 45.0 Å². The Morgan fingerprint density at radius 1 is 1.18 bits per heavy atom. The van der Waals surface area contributed by atoms with Gasteiger partial charge in [0.1, 0.15) is 0 Å². The van der Waals surface area contributed by atoms with Crippen molar-refractivity contribution in [1.82, 2.24) is 4.90 Å². The summed E-state index contributed by atoms with van der Waals surface area (Å²) in [4.78, 5) is 14.6. The summed E-state index contributed by atoms with van der Waals surface area (Å²) in [5.41, 5.74) is 0.714. The van der Waals surface area contributed by atoms with E-state index in [-0.39, 0.29) is 16.9 Å². The third-order valence-corrected chi connectivity index (χ3v) is 6.21. The molecule has 0 unspecified atom stereocenters. The van der Waals surface area contributed by atoms with Crippen molar-refractivity contribution < 1.29 is 17.9 Å². The topological polar surface area (TPSA) is 75.7 Å². The fourth-order valence-electron chi connectivity index (χ4n) is 3.21. The third kappa shape index (κ3) is 5.04. The van der Waals surface area contributed by atoms with E-state index in [0.717, 1.165) is 12.8 Å². The summed E-state index contributed by atoms with van der Waals surface area (Å²) in [6.45, 7) is 3.82. The Morgan fingerprint density at radius 3 is 2.57 bits per heavy atom. The number of anilines is 1. The van der Waals surface area contributed by atoms with E-state index in [1.807, 2.05) is 6.92 Å². The molecule has 3 rings (SSSR count). The van der Waals surface area contributed by atoms with Crippen molar-refractivity contribution in [1.29, 1.82) is 0 Å². The molecular weight excluding hydrogens is 400 g/mol. The normalized spacial score (nSPS) is 15.4. The van der Waals surface area contributed by atoms with Crippen molar-refractivity contribution in [3.63, 3.8) is 0 Å². The highest BCUT2D eigenvalue weighted by Crippen LogP contribution is 2.22. The van der Waals surface area contributed by atoms with Crippen LogP contribution in [0.1, 0.15) is 30.1 Å². The summed E-state index contributed by atoms with van der Waals surface area (Å²) in [7, 11) is -3.83. The summed E-state index contributed by atoms with van der Waals surface area (Å²) < 4.78 is 33.5. The Morgan fingerprint density at radius 2 is 1.89 bits per heavy atom. The molecule has 0 spiro atoms. The number of carbonyl (C=O) groups excluding carboxylic acids is 1. The maximum Gasteiger partial charge on any atom is 0.261 e. The molecule has 8 heteroatoms. The van der Waals surface area contributed by atoms with Crippen LogP contribution in [0.3, 0.4) is 0 Å². The molecule has 28 heavy (non-hydrogen) atoms. The number of likely N-dealkylation sites (tertiary alicyclic amines) is 1. The largest absolute Gasteiger partial charge is 0.378 e. The van der Waals surface area contributed by atoms with Gasteiger partial charge in [-0.05, 0) is 56.2 Å². The van der Waals surface area contributed by atoms with E-state index in [2.05, 4.69) is 4.72 Å². The van der Waals surface area contributed by atoms with Gasteiger partial charge < -0.3 is 9.64 Å². The van der Waals surface area contributed by atoms with Crippen LogP contribution in [0.25, 0.3) is 0 Å². The van der Waals surface area contributed by atoms with Crippen LogP contribution in [0, 0.1) is 0 Å². The summed E-state index contributed by atoms with van der Waals surface area (Å²) >= 11 is 5.91. The average molecular weight is 423 g/mol. The fourth-order valence-corrected chi connectivity index (χ4v) is 4.49. The van der Waals surface area contributed by atoms with Gasteiger partial charge in [0.25, 0.3) is 15.9 Å². The molecule has 2 aromatic rings. The van der Waals surface area contributed by atoms with Crippen molar-refractivity contribution in [3.05, 3.63) is 59.1 Å². The van der Waals surface area contributed by atoms with Gasteiger partial charge in [-0.1, -0.05) is 23.7 Å².